The van der Waals surface area contributed by atoms with Gasteiger partial charge in [0.1, 0.15) is 5.56 Å². The summed E-state index contributed by atoms with van der Waals surface area (Å²) >= 11 is 3.51. The molecule has 5 heteroatoms. The van der Waals surface area contributed by atoms with Crippen LogP contribution in [0.4, 0.5) is 0 Å². The molecule has 0 saturated heterocycles. The normalized spacial score (nSPS) is 17.4. The highest BCUT2D eigenvalue weighted by Crippen LogP contribution is 2.31. The van der Waals surface area contributed by atoms with Crippen molar-refractivity contribution in [1.82, 2.24) is 10.3 Å². The highest BCUT2D eigenvalue weighted by molar-refractivity contribution is 9.09. The number of carbonyl (C=O) groups excluding carboxylic acids is 1. The molecule has 18 heavy (non-hydrogen) atoms. The van der Waals surface area contributed by atoms with Crippen LogP contribution in [0.3, 0.4) is 0 Å². The summed E-state index contributed by atoms with van der Waals surface area (Å²) in [4.78, 5) is 16.3. The predicted molar refractivity (Wildman–Crippen MR) is 73.2 cm³/mol. The summed E-state index contributed by atoms with van der Waals surface area (Å²) in [7, 11) is 1.52. The third kappa shape index (κ3) is 2.66. The molecule has 1 amide bonds. The highest BCUT2D eigenvalue weighted by Gasteiger charge is 2.34. The summed E-state index contributed by atoms with van der Waals surface area (Å²) in [5.41, 5.74) is 0.380. The number of hydrogen-bond acceptors (Lipinski definition) is 3. The average molecular weight is 313 g/mol. The minimum atomic E-state index is -0.113. The van der Waals surface area contributed by atoms with Crippen molar-refractivity contribution in [2.45, 2.75) is 31.2 Å². The van der Waals surface area contributed by atoms with E-state index in [1.54, 1.807) is 18.3 Å². The molecule has 0 radical (unpaired) electrons. The third-order valence-electron chi connectivity index (χ3n) is 3.40. The Kier molecular flexibility index (Phi) is 4.22. The van der Waals surface area contributed by atoms with Crippen molar-refractivity contribution in [2.24, 2.45) is 0 Å². The van der Waals surface area contributed by atoms with E-state index in [9.17, 15) is 4.79 Å². The van der Waals surface area contributed by atoms with Crippen LogP contribution < -0.4 is 10.1 Å². The average Bonchev–Trinajstić information content (AvgIpc) is 2.87. The van der Waals surface area contributed by atoms with E-state index in [0.29, 0.717) is 11.4 Å². The van der Waals surface area contributed by atoms with Gasteiger partial charge in [-0.3, -0.25) is 4.79 Å². The van der Waals surface area contributed by atoms with E-state index < -0.39 is 0 Å². The first kappa shape index (κ1) is 13.3. The molecule has 0 atom stereocenters. The lowest BCUT2D eigenvalue weighted by atomic mass is 10.00. The molecule has 0 aromatic carbocycles. The molecular formula is C13H17BrN2O2. The van der Waals surface area contributed by atoms with Crippen LogP contribution >= 0.6 is 15.9 Å². The fraction of sp³-hybridized carbons (Fsp3) is 0.538. The largest absolute Gasteiger partial charge is 0.480 e. The maximum absolute atomic E-state index is 12.3. The van der Waals surface area contributed by atoms with Gasteiger partial charge in [0.25, 0.3) is 5.91 Å². The Morgan fingerprint density at radius 3 is 2.89 bits per heavy atom. The number of rotatable bonds is 4. The van der Waals surface area contributed by atoms with E-state index in [0.717, 1.165) is 31.0 Å². The molecule has 1 saturated carbocycles. The Hall–Kier alpha value is -1.10. The van der Waals surface area contributed by atoms with E-state index in [-0.39, 0.29) is 11.4 Å². The van der Waals surface area contributed by atoms with Gasteiger partial charge in [-0.05, 0) is 25.0 Å². The third-order valence-corrected chi connectivity index (χ3v) is 4.48. The smallest absolute Gasteiger partial charge is 0.257 e. The first-order valence-electron chi connectivity index (χ1n) is 6.08. The Morgan fingerprint density at radius 1 is 1.56 bits per heavy atom. The Labute approximate surface area is 115 Å². The van der Waals surface area contributed by atoms with E-state index in [2.05, 4.69) is 26.2 Å². The van der Waals surface area contributed by atoms with Gasteiger partial charge in [0.05, 0.1) is 12.6 Å². The van der Waals surface area contributed by atoms with Crippen LogP contribution in [-0.2, 0) is 0 Å². The summed E-state index contributed by atoms with van der Waals surface area (Å²) in [5.74, 6) is 0.263. The zero-order valence-corrected chi connectivity index (χ0v) is 12.0. The second kappa shape index (κ2) is 5.69. The molecule has 1 aliphatic rings. The number of pyridine rings is 1. The highest BCUT2D eigenvalue weighted by atomic mass is 79.9. The first-order chi connectivity index (χ1) is 8.71. The van der Waals surface area contributed by atoms with Crippen molar-refractivity contribution in [1.29, 1.82) is 0 Å². The van der Waals surface area contributed by atoms with Gasteiger partial charge in [-0.2, -0.15) is 0 Å². The lowest BCUT2D eigenvalue weighted by molar-refractivity contribution is 0.0906. The lowest BCUT2D eigenvalue weighted by Crippen LogP contribution is -2.47. The quantitative estimate of drug-likeness (QED) is 0.869. The first-order valence-corrected chi connectivity index (χ1v) is 7.20. The fourth-order valence-corrected chi connectivity index (χ4v) is 3.08. The van der Waals surface area contributed by atoms with Crippen LogP contribution in [0.2, 0.25) is 0 Å². The second-order valence-corrected chi connectivity index (χ2v) is 5.20. The minimum absolute atomic E-state index is 0.110. The van der Waals surface area contributed by atoms with Crippen molar-refractivity contribution in [3.8, 4) is 5.88 Å². The number of hydrogen-bond donors (Lipinski definition) is 1. The number of halogens is 1. The number of amides is 1. The maximum Gasteiger partial charge on any atom is 0.257 e. The van der Waals surface area contributed by atoms with Gasteiger partial charge in [0.2, 0.25) is 5.88 Å². The van der Waals surface area contributed by atoms with Crippen LogP contribution in [0.25, 0.3) is 0 Å². The molecule has 98 valence electrons. The molecule has 1 aromatic heterocycles. The minimum Gasteiger partial charge on any atom is -0.480 e. The number of nitrogens with zero attached hydrogens (tertiary/aromatic N) is 1. The zero-order valence-electron chi connectivity index (χ0n) is 10.4. The monoisotopic (exact) mass is 312 g/mol. The van der Waals surface area contributed by atoms with Gasteiger partial charge >= 0.3 is 0 Å². The molecule has 1 heterocycles. The van der Waals surface area contributed by atoms with Crippen LogP contribution in [-0.4, -0.2) is 28.9 Å². The van der Waals surface area contributed by atoms with Crippen molar-refractivity contribution in [3.05, 3.63) is 23.9 Å². The fourth-order valence-electron chi connectivity index (χ4n) is 2.38. The van der Waals surface area contributed by atoms with E-state index in [1.165, 1.54) is 7.11 Å². The van der Waals surface area contributed by atoms with Gasteiger partial charge in [-0.1, -0.05) is 28.8 Å². The summed E-state index contributed by atoms with van der Waals surface area (Å²) in [6.45, 7) is 0. The number of alkyl halides is 1. The Balaban J connectivity index is 2.16. The van der Waals surface area contributed by atoms with Crippen molar-refractivity contribution >= 4 is 21.8 Å². The van der Waals surface area contributed by atoms with Crippen molar-refractivity contribution < 1.29 is 9.53 Å². The van der Waals surface area contributed by atoms with Gasteiger partial charge in [0.15, 0.2) is 0 Å². The number of methoxy groups -OCH3 is 1. The van der Waals surface area contributed by atoms with Gasteiger partial charge in [-0.15, -0.1) is 0 Å². The molecule has 1 fully saturated rings. The second-order valence-electron chi connectivity index (χ2n) is 4.64. The number of nitrogens with one attached hydrogen (secondary N) is 1. The maximum atomic E-state index is 12.3. The molecule has 4 nitrogen and oxygen atoms in total. The van der Waals surface area contributed by atoms with Gasteiger partial charge < -0.3 is 10.1 Å². The molecule has 2 rings (SSSR count). The molecule has 0 aliphatic heterocycles. The summed E-state index contributed by atoms with van der Waals surface area (Å²) in [6, 6.07) is 3.48. The summed E-state index contributed by atoms with van der Waals surface area (Å²) in [6.07, 6.45) is 5.98. The van der Waals surface area contributed by atoms with Crippen LogP contribution in [0, 0.1) is 0 Å². The number of aromatic nitrogens is 1. The lowest BCUT2D eigenvalue weighted by Gasteiger charge is -2.28. The topological polar surface area (TPSA) is 51.2 Å². The standard InChI is InChI=1S/C13H17BrN2O2/c1-18-12-10(5-4-8-15-12)11(17)16-13(9-14)6-2-3-7-13/h4-5,8H,2-3,6-7,9H2,1H3,(H,16,17). The Bertz CT molecular complexity index is 431. The van der Waals surface area contributed by atoms with Crippen molar-refractivity contribution in [2.75, 3.05) is 12.4 Å². The van der Waals surface area contributed by atoms with Crippen LogP contribution in [0.5, 0.6) is 5.88 Å². The van der Waals surface area contributed by atoms with E-state index in [4.69, 9.17) is 4.74 Å². The molecule has 0 spiro atoms. The summed E-state index contributed by atoms with van der Waals surface area (Å²) < 4.78 is 5.11. The number of ether oxygens (including phenoxy) is 1. The van der Waals surface area contributed by atoms with E-state index in [1.807, 2.05) is 0 Å². The van der Waals surface area contributed by atoms with Crippen LogP contribution in [0.15, 0.2) is 18.3 Å². The molecule has 0 bridgehead atoms. The Morgan fingerprint density at radius 2 is 2.28 bits per heavy atom. The van der Waals surface area contributed by atoms with Crippen molar-refractivity contribution in [3.63, 3.8) is 0 Å². The molecular weight excluding hydrogens is 296 g/mol. The molecule has 0 unspecified atom stereocenters. The van der Waals surface area contributed by atoms with E-state index >= 15 is 0 Å². The predicted octanol–water partition coefficient (Wildman–Crippen LogP) is 2.53. The SMILES string of the molecule is COc1ncccc1C(=O)NC1(CBr)CCCC1. The molecule has 1 aromatic rings. The van der Waals surface area contributed by atoms with Crippen LogP contribution in [0.1, 0.15) is 36.0 Å². The van der Waals surface area contributed by atoms with Gasteiger partial charge in [0, 0.05) is 11.5 Å². The van der Waals surface area contributed by atoms with Gasteiger partial charge in [-0.25, -0.2) is 4.98 Å². The zero-order chi connectivity index (χ0) is 13.0. The number of carbonyl (C=O) groups is 1. The molecule has 1 N–H and O–H groups in total. The molecule has 1 aliphatic carbocycles. The summed E-state index contributed by atoms with van der Waals surface area (Å²) in [5, 5.41) is 3.91.